The van der Waals surface area contributed by atoms with Crippen LogP contribution in [0.2, 0.25) is 0 Å². The average molecular weight is 389 g/mol. The maximum atomic E-state index is 0. The summed E-state index contributed by atoms with van der Waals surface area (Å²) in [6.07, 6.45) is 0. The SMILES string of the molecule is [Ca].[Si].[Ti].[W].[Y]. The molecule has 0 heterocycles. The molecule has 0 spiro atoms. The maximum absolute atomic E-state index is 0. The van der Waals surface area contributed by atoms with Gasteiger partial charge in [-0.25, -0.2) is 0 Å². The monoisotopic (exact) mass is 389 g/mol. The molecule has 5 heavy (non-hydrogen) atoms. The van der Waals surface area contributed by atoms with Crippen LogP contribution >= 0.6 is 0 Å². The minimum Gasteiger partial charge on any atom is 0 e. The van der Waals surface area contributed by atoms with Crippen molar-refractivity contribution in [3.05, 3.63) is 0 Å². The van der Waals surface area contributed by atoms with Gasteiger partial charge in [0, 0.05) is 124 Å². The van der Waals surface area contributed by atoms with Crippen LogP contribution in [0.3, 0.4) is 0 Å². The summed E-state index contributed by atoms with van der Waals surface area (Å²) in [5, 5.41) is 0. The molecule has 0 N–H and O–H groups in total. The molecule has 0 aliphatic carbocycles. The molecule has 0 atom stereocenters. The summed E-state index contributed by atoms with van der Waals surface area (Å²) in [6, 6.07) is 0. The second-order valence-electron chi connectivity index (χ2n) is 0. The maximum Gasteiger partial charge on any atom is 0 e. The Morgan fingerprint density at radius 1 is 1.00 bits per heavy atom. The number of hydrogen-bond acceptors (Lipinski definition) is 0. The smallest absolute Gasteiger partial charge is 0 e. The summed E-state index contributed by atoms with van der Waals surface area (Å²) in [6.45, 7) is 0. The van der Waals surface area contributed by atoms with Gasteiger partial charge in [-0.15, -0.1) is 0 Å². The van der Waals surface area contributed by atoms with Gasteiger partial charge in [0.15, 0.2) is 0 Å². The molecular weight excluding hydrogens is 389 g/mol. The summed E-state index contributed by atoms with van der Waals surface area (Å²) in [4.78, 5) is 0. The summed E-state index contributed by atoms with van der Waals surface area (Å²) in [5.41, 5.74) is 0. The van der Waals surface area contributed by atoms with Gasteiger partial charge in [0.05, 0.1) is 0 Å². The van der Waals surface area contributed by atoms with Crippen molar-refractivity contribution < 1.29 is 75.5 Å². The normalized spacial score (nSPS) is 0. The van der Waals surface area contributed by atoms with Crippen molar-refractivity contribution in [2.24, 2.45) is 0 Å². The Kier molecular flexibility index (Phi) is 177. The summed E-state index contributed by atoms with van der Waals surface area (Å²) < 4.78 is 0. The van der Waals surface area contributed by atoms with E-state index in [-0.39, 0.29) is 124 Å². The quantitative estimate of drug-likeness (QED) is 0.478. The van der Waals surface area contributed by atoms with Gasteiger partial charge in [-0.3, -0.25) is 0 Å². The van der Waals surface area contributed by atoms with Crippen LogP contribution in [0.5, 0.6) is 0 Å². The van der Waals surface area contributed by atoms with Crippen LogP contribution in [0.25, 0.3) is 0 Å². The van der Waals surface area contributed by atoms with Gasteiger partial charge in [0.25, 0.3) is 0 Å². The van der Waals surface area contributed by atoms with E-state index in [1.165, 1.54) is 0 Å². The van der Waals surface area contributed by atoms with Crippen LogP contribution in [-0.4, -0.2) is 48.7 Å². The zero-order valence-corrected chi connectivity index (χ0v) is 13.2. The van der Waals surface area contributed by atoms with E-state index in [0.717, 1.165) is 0 Å². The third-order valence-corrected chi connectivity index (χ3v) is 0. The number of hydrogen-bond donors (Lipinski definition) is 0. The fourth-order valence-electron chi connectivity index (χ4n) is 0. The Balaban J connectivity index is 0. The molecule has 0 nitrogen and oxygen atoms in total. The van der Waals surface area contributed by atoms with Crippen molar-refractivity contribution in [2.45, 2.75) is 0 Å². The van der Waals surface area contributed by atoms with Crippen molar-refractivity contribution in [3.8, 4) is 0 Å². The predicted octanol–water partition coefficient (Wildman–Crippen LogP) is -0.769. The largest absolute Gasteiger partial charge is 0 e. The van der Waals surface area contributed by atoms with E-state index in [0.29, 0.717) is 0 Å². The first-order chi connectivity index (χ1) is 0. The summed E-state index contributed by atoms with van der Waals surface area (Å²) in [5.74, 6) is 0. The van der Waals surface area contributed by atoms with E-state index >= 15 is 0 Å². The molecule has 19 valence electrons. The van der Waals surface area contributed by atoms with Crippen LogP contribution in [0.4, 0.5) is 0 Å². The summed E-state index contributed by atoms with van der Waals surface area (Å²) >= 11 is 0. The Morgan fingerprint density at radius 3 is 1.00 bits per heavy atom. The molecule has 0 bridgehead atoms. The molecule has 0 rings (SSSR count). The zero-order valence-electron chi connectivity index (χ0n) is 2.69. The van der Waals surface area contributed by atoms with Crippen molar-refractivity contribution in [3.63, 3.8) is 0 Å². The fourth-order valence-corrected chi connectivity index (χ4v) is 0. The number of rotatable bonds is 0. The Labute approximate surface area is 121 Å². The summed E-state index contributed by atoms with van der Waals surface area (Å²) in [7, 11) is 0. The van der Waals surface area contributed by atoms with Gasteiger partial charge < -0.3 is 0 Å². The first-order valence-corrected chi connectivity index (χ1v) is 0. The second kappa shape index (κ2) is 24.5. The molecule has 0 amide bonds. The van der Waals surface area contributed by atoms with E-state index in [1.807, 2.05) is 0 Å². The van der Waals surface area contributed by atoms with Gasteiger partial charge >= 0.3 is 0 Å². The van der Waals surface area contributed by atoms with Crippen LogP contribution in [-0.2, 0) is 75.5 Å². The van der Waals surface area contributed by atoms with Crippen molar-refractivity contribution in [1.29, 1.82) is 0 Å². The van der Waals surface area contributed by atoms with Gasteiger partial charge in [-0.1, -0.05) is 0 Å². The van der Waals surface area contributed by atoms with Crippen LogP contribution < -0.4 is 0 Å². The molecular formula is CaSiTiWY. The minimum atomic E-state index is 0. The first-order valence-electron chi connectivity index (χ1n) is 0. The van der Waals surface area contributed by atoms with Crippen molar-refractivity contribution in [1.82, 2.24) is 0 Å². The third kappa shape index (κ3) is 18.0. The fraction of sp³-hybridized carbons (Fsp3) is 0. The molecule has 0 unspecified atom stereocenters. The Morgan fingerprint density at radius 2 is 1.00 bits per heavy atom. The molecule has 0 saturated carbocycles. The van der Waals surface area contributed by atoms with Crippen molar-refractivity contribution >= 4 is 48.7 Å². The van der Waals surface area contributed by atoms with E-state index < -0.39 is 0 Å². The molecule has 0 aromatic rings. The van der Waals surface area contributed by atoms with Crippen LogP contribution in [0, 0.1) is 0 Å². The first kappa shape index (κ1) is 36.1. The van der Waals surface area contributed by atoms with E-state index in [4.69, 9.17) is 0 Å². The van der Waals surface area contributed by atoms with E-state index in [2.05, 4.69) is 0 Å². The van der Waals surface area contributed by atoms with Crippen LogP contribution in [0.1, 0.15) is 0 Å². The molecule has 0 aliphatic rings. The van der Waals surface area contributed by atoms with Crippen molar-refractivity contribution in [2.75, 3.05) is 0 Å². The topological polar surface area (TPSA) is 0 Å². The molecule has 5 heteroatoms. The minimum absolute atomic E-state index is 0. The average Bonchev–Trinajstić information content (AvgIpc) is 0. The molecule has 0 fully saturated rings. The molecule has 0 aromatic carbocycles. The van der Waals surface area contributed by atoms with E-state index in [9.17, 15) is 0 Å². The van der Waals surface area contributed by atoms with Gasteiger partial charge in [-0.2, -0.15) is 0 Å². The molecule has 7 radical (unpaired) electrons. The third-order valence-electron chi connectivity index (χ3n) is 0. The zero-order chi connectivity index (χ0) is 0. The second-order valence-corrected chi connectivity index (χ2v) is 0. The van der Waals surface area contributed by atoms with Gasteiger partial charge in [-0.05, 0) is 0 Å². The predicted molar refractivity (Wildman–Crippen MR) is 11.5 cm³/mol. The Bertz CT molecular complexity index is 11.6. The molecule has 0 saturated heterocycles. The molecule has 0 aromatic heterocycles. The van der Waals surface area contributed by atoms with Gasteiger partial charge in [0.1, 0.15) is 0 Å². The van der Waals surface area contributed by atoms with E-state index in [1.54, 1.807) is 0 Å². The standard InChI is InChI=1S/Ca.Si.Ti.W.Y. The molecule has 0 aliphatic heterocycles. The van der Waals surface area contributed by atoms with Gasteiger partial charge in [0.2, 0.25) is 0 Å². The Hall–Kier alpha value is 3.98. The van der Waals surface area contributed by atoms with Crippen LogP contribution in [0.15, 0.2) is 0 Å².